The molecule has 1 N–H and O–H groups in total. The van der Waals surface area contributed by atoms with E-state index in [0.717, 1.165) is 13.1 Å². The molecular weight excluding hydrogens is 216 g/mol. The molecule has 1 saturated carbocycles. The maximum atomic E-state index is 4.10. The van der Waals surface area contributed by atoms with Crippen LogP contribution in [0, 0.1) is 5.41 Å². The first kappa shape index (κ1) is 12.1. The Bertz CT molecular complexity index is 287. The Kier molecular flexibility index (Phi) is 4.36. The van der Waals surface area contributed by atoms with Gasteiger partial charge in [-0.15, -0.1) is 11.3 Å². The Morgan fingerprint density at radius 2 is 2.06 bits per heavy atom. The number of nitrogens with one attached hydrogen (secondary N) is 1. The van der Waals surface area contributed by atoms with Crippen LogP contribution in [0.3, 0.4) is 0 Å². The molecule has 0 radical (unpaired) electrons. The molecule has 0 bridgehead atoms. The Labute approximate surface area is 102 Å². The topological polar surface area (TPSA) is 24.9 Å². The average molecular weight is 238 g/mol. The van der Waals surface area contributed by atoms with Crippen LogP contribution in [0.4, 0.5) is 0 Å². The molecule has 1 aliphatic rings. The van der Waals surface area contributed by atoms with Gasteiger partial charge in [-0.3, -0.25) is 4.98 Å². The lowest BCUT2D eigenvalue weighted by Gasteiger charge is -2.28. The highest BCUT2D eigenvalue weighted by molar-refractivity contribution is 7.09. The fourth-order valence-corrected chi connectivity index (χ4v) is 3.14. The molecule has 0 aromatic carbocycles. The zero-order valence-electron chi connectivity index (χ0n) is 10.2. The lowest BCUT2D eigenvalue weighted by Crippen LogP contribution is -2.31. The van der Waals surface area contributed by atoms with E-state index in [1.165, 1.54) is 43.4 Å². The van der Waals surface area contributed by atoms with E-state index in [4.69, 9.17) is 0 Å². The van der Waals surface area contributed by atoms with Crippen LogP contribution < -0.4 is 5.32 Å². The van der Waals surface area contributed by atoms with Gasteiger partial charge in [0.2, 0.25) is 0 Å². The number of hydrogen-bond acceptors (Lipinski definition) is 3. The molecular formula is C13H22N2S. The Morgan fingerprint density at radius 3 is 2.69 bits per heavy atom. The minimum Gasteiger partial charge on any atom is -0.311 e. The van der Waals surface area contributed by atoms with E-state index in [9.17, 15) is 0 Å². The fraction of sp³-hybridized carbons (Fsp3) is 0.769. The molecule has 1 aliphatic carbocycles. The third-order valence-corrected chi connectivity index (χ3v) is 4.42. The molecule has 1 heterocycles. The first-order valence-electron chi connectivity index (χ1n) is 6.37. The zero-order chi connectivity index (χ0) is 11.3. The van der Waals surface area contributed by atoms with Crippen LogP contribution in [0.2, 0.25) is 0 Å². The molecule has 2 nitrogen and oxygen atoms in total. The number of nitrogens with zero attached hydrogens (tertiary/aromatic N) is 1. The van der Waals surface area contributed by atoms with Gasteiger partial charge in [-0.25, -0.2) is 0 Å². The summed E-state index contributed by atoms with van der Waals surface area (Å²) in [4.78, 5) is 5.44. The predicted molar refractivity (Wildman–Crippen MR) is 69.6 cm³/mol. The van der Waals surface area contributed by atoms with Crippen molar-refractivity contribution in [3.63, 3.8) is 0 Å². The maximum Gasteiger partial charge on any atom is 0.0794 e. The first-order valence-corrected chi connectivity index (χ1v) is 7.25. The van der Waals surface area contributed by atoms with Gasteiger partial charge in [0.15, 0.2) is 0 Å². The van der Waals surface area contributed by atoms with Crippen molar-refractivity contribution in [2.75, 3.05) is 6.54 Å². The standard InChI is InChI=1S/C13H22N2S/c1-13(6-4-2-3-5-7-13)10-14-8-12-9-15-11-16-12/h9,11,14H,2-8,10H2,1H3. The van der Waals surface area contributed by atoms with Crippen molar-refractivity contribution in [3.05, 3.63) is 16.6 Å². The summed E-state index contributed by atoms with van der Waals surface area (Å²) in [5, 5.41) is 3.60. The van der Waals surface area contributed by atoms with E-state index in [2.05, 4.69) is 17.2 Å². The molecule has 0 unspecified atom stereocenters. The number of rotatable bonds is 4. The van der Waals surface area contributed by atoms with Crippen LogP contribution in [0.25, 0.3) is 0 Å². The van der Waals surface area contributed by atoms with Crippen molar-refractivity contribution in [1.29, 1.82) is 0 Å². The summed E-state index contributed by atoms with van der Waals surface area (Å²) >= 11 is 1.74. The molecule has 1 aromatic rings. The molecule has 0 saturated heterocycles. The second-order valence-corrected chi connectivity index (χ2v) is 6.27. The average Bonchev–Trinajstić information content (AvgIpc) is 2.68. The quantitative estimate of drug-likeness (QED) is 0.811. The predicted octanol–water partition coefficient (Wildman–Crippen LogP) is 3.59. The second kappa shape index (κ2) is 5.78. The van der Waals surface area contributed by atoms with Crippen LogP contribution in [-0.2, 0) is 6.54 Å². The van der Waals surface area contributed by atoms with Crippen molar-refractivity contribution in [2.24, 2.45) is 5.41 Å². The van der Waals surface area contributed by atoms with Crippen molar-refractivity contribution < 1.29 is 0 Å². The molecule has 16 heavy (non-hydrogen) atoms. The third-order valence-electron chi connectivity index (χ3n) is 3.65. The molecule has 1 fully saturated rings. The van der Waals surface area contributed by atoms with Crippen LogP contribution in [0.1, 0.15) is 50.3 Å². The second-order valence-electron chi connectivity index (χ2n) is 5.30. The van der Waals surface area contributed by atoms with Gasteiger partial charge in [0.05, 0.1) is 5.51 Å². The molecule has 2 rings (SSSR count). The van der Waals surface area contributed by atoms with Crippen LogP contribution in [0.15, 0.2) is 11.7 Å². The lowest BCUT2D eigenvalue weighted by molar-refractivity contribution is 0.263. The van der Waals surface area contributed by atoms with E-state index in [1.54, 1.807) is 11.3 Å². The van der Waals surface area contributed by atoms with Gasteiger partial charge < -0.3 is 5.32 Å². The summed E-state index contributed by atoms with van der Waals surface area (Å²) in [5.41, 5.74) is 2.44. The third kappa shape index (κ3) is 3.56. The summed E-state index contributed by atoms with van der Waals surface area (Å²) in [6.07, 6.45) is 10.4. The van der Waals surface area contributed by atoms with Gasteiger partial charge in [0.1, 0.15) is 0 Å². The lowest BCUT2D eigenvalue weighted by atomic mass is 9.82. The fourth-order valence-electron chi connectivity index (χ4n) is 2.58. The van der Waals surface area contributed by atoms with Gasteiger partial charge in [-0.05, 0) is 18.3 Å². The Balaban J connectivity index is 1.75. The Hall–Kier alpha value is -0.410. The molecule has 3 heteroatoms. The highest BCUT2D eigenvalue weighted by Crippen LogP contribution is 2.33. The normalized spacial score (nSPS) is 20.6. The summed E-state index contributed by atoms with van der Waals surface area (Å²) in [6.45, 7) is 4.59. The van der Waals surface area contributed by atoms with E-state index < -0.39 is 0 Å². The summed E-state index contributed by atoms with van der Waals surface area (Å²) < 4.78 is 0. The van der Waals surface area contributed by atoms with Gasteiger partial charge in [0, 0.05) is 24.2 Å². The highest BCUT2D eigenvalue weighted by Gasteiger charge is 2.24. The van der Waals surface area contributed by atoms with Crippen molar-refractivity contribution >= 4 is 11.3 Å². The smallest absolute Gasteiger partial charge is 0.0794 e. The SMILES string of the molecule is CC1(CNCc2cncs2)CCCCCC1. The van der Waals surface area contributed by atoms with Crippen molar-refractivity contribution in [3.8, 4) is 0 Å². The van der Waals surface area contributed by atoms with Gasteiger partial charge >= 0.3 is 0 Å². The summed E-state index contributed by atoms with van der Waals surface area (Å²) in [7, 11) is 0. The minimum atomic E-state index is 0.529. The Morgan fingerprint density at radius 1 is 1.31 bits per heavy atom. The van der Waals surface area contributed by atoms with E-state index in [1.807, 2.05) is 11.7 Å². The molecule has 0 amide bonds. The first-order chi connectivity index (χ1) is 7.79. The van der Waals surface area contributed by atoms with Crippen LogP contribution >= 0.6 is 11.3 Å². The van der Waals surface area contributed by atoms with Crippen molar-refractivity contribution in [1.82, 2.24) is 10.3 Å². The largest absolute Gasteiger partial charge is 0.311 e. The van der Waals surface area contributed by atoms with Crippen LogP contribution in [0.5, 0.6) is 0 Å². The summed E-state index contributed by atoms with van der Waals surface area (Å²) in [6, 6.07) is 0. The van der Waals surface area contributed by atoms with E-state index in [-0.39, 0.29) is 0 Å². The molecule has 1 aromatic heterocycles. The molecule has 0 atom stereocenters. The molecule has 0 aliphatic heterocycles. The number of hydrogen-bond donors (Lipinski definition) is 1. The van der Waals surface area contributed by atoms with Gasteiger partial charge in [-0.1, -0.05) is 32.6 Å². The van der Waals surface area contributed by atoms with Crippen LogP contribution in [-0.4, -0.2) is 11.5 Å². The monoisotopic (exact) mass is 238 g/mol. The molecule has 90 valence electrons. The van der Waals surface area contributed by atoms with Gasteiger partial charge in [0.25, 0.3) is 0 Å². The number of aromatic nitrogens is 1. The maximum absolute atomic E-state index is 4.10. The minimum absolute atomic E-state index is 0.529. The highest BCUT2D eigenvalue weighted by atomic mass is 32.1. The van der Waals surface area contributed by atoms with E-state index in [0.29, 0.717) is 5.41 Å². The van der Waals surface area contributed by atoms with Gasteiger partial charge in [-0.2, -0.15) is 0 Å². The zero-order valence-corrected chi connectivity index (χ0v) is 11.0. The van der Waals surface area contributed by atoms with E-state index >= 15 is 0 Å². The number of thiazole rings is 1. The summed E-state index contributed by atoms with van der Waals surface area (Å²) in [5.74, 6) is 0. The van der Waals surface area contributed by atoms with Crippen molar-refractivity contribution in [2.45, 2.75) is 52.0 Å². The molecule has 0 spiro atoms.